The van der Waals surface area contributed by atoms with Crippen LogP contribution in [0.1, 0.15) is 0 Å². The van der Waals surface area contributed by atoms with Crippen LogP contribution in [0.4, 0.5) is 11.5 Å². The van der Waals surface area contributed by atoms with E-state index in [0.717, 1.165) is 0 Å². The summed E-state index contributed by atoms with van der Waals surface area (Å²) < 4.78 is 15.0. The van der Waals surface area contributed by atoms with Crippen LogP contribution in [0.3, 0.4) is 0 Å². The Balaban J connectivity index is 3.42. The smallest absolute Gasteiger partial charge is 0.262 e. The number of aromatic nitrogens is 1. The molecule has 0 aliphatic rings. The Labute approximate surface area is 81.8 Å². The summed E-state index contributed by atoms with van der Waals surface area (Å²) in [4.78, 5) is 3.90. The molecule has 0 atom stereocenters. The van der Waals surface area contributed by atoms with Crippen molar-refractivity contribution in [2.24, 2.45) is 0 Å². The molecule has 0 aliphatic carbocycles. The van der Waals surface area contributed by atoms with Crippen molar-refractivity contribution < 1.29 is 14.2 Å². The van der Waals surface area contributed by atoms with Crippen LogP contribution < -0.4 is 25.7 Å². The second-order valence-corrected chi connectivity index (χ2v) is 2.49. The van der Waals surface area contributed by atoms with Gasteiger partial charge in [-0.05, 0) is 0 Å². The third-order valence-corrected chi connectivity index (χ3v) is 1.74. The van der Waals surface area contributed by atoms with Gasteiger partial charge in [-0.15, -0.1) is 0 Å². The number of ether oxygens (including phenoxy) is 3. The lowest BCUT2D eigenvalue weighted by molar-refractivity contribution is 0.317. The van der Waals surface area contributed by atoms with E-state index in [4.69, 9.17) is 25.7 Å². The van der Waals surface area contributed by atoms with Crippen LogP contribution in [0, 0.1) is 0 Å². The molecule has 0 radical (unpaired) electrons. The van der Waals surface area contributed by atoms with E-state index in [1.54, 1.807) is 0 Å². The summed E-state index contributed by atoms with van der Waals surface area (Å²) in [5.74, 6) is 1.06. The highest BCUT2D eigenvalue weighted by Crippen LogP contribution is 2.42. The summed E-state index contributed by atoms with van der Waals surface area (Å²) >= 11 is 0. The predicted octanol–water partition coefficient (Wildman–Crippen LogP) is 0.272. The van der Waals surface area contributed by atoms with Crippen molar-refractivity contribution in [2.45, 2.75) is 0 Å². The van der Waals surface area contributed by atoms with Gasteiger partial charge in [-0.1, -0.05) is 0 Å². The summed E-state index contributed by atoms with van der Waals surface area (Å²) in [6, 6.07) is 0. The third-order valence-electron chi connectivity index (χ3n) is 1.74. The van der Waals surface area contributed by atoms with Gasteiger partial charge in [0, 0.05) is 0 Å². The molecule has 1 rings (SSSR count). The number of nitrogen functional groups attached to an aromatic ring is 2. The van der Waals surface area contributed by atoms with E-state index in [1.807, 2.05) is 0 Å². The maximum atomic E-state index is 5.65. The van der Waals surface area contributed by atoms with Crippen molar-refractivity contribution in [1.29, 1.82) is 0 Å². The average molecular weight is 199 g/mol. The number of nitrogens with two attached hydrogens (primary N) is 2. The molecule has 1 aromatic rings. The van der Waals surface area contributed by atoms with Crippen LogP contribution >= 0.6 is 0 Å². The SMILES string of the molecule is COc1nc(N)c(N)c(OC)c1OC. The van der Waals surface area contributed by atoms with E-state index < -0.39 is 0 Å². The molecule has 0 saturated heterocycles. The van der Waals surface area contributed by atoms with E-state index in [0.29, 0.717) is 11.5 Å². The monoisotopic (exact) mass is 199 g/mol. The molecular formula is C8H13N3O3. The molecule has 14 heavy (non-hydrogen) atoms. The summed E-state index contributed by atoms with van der Waals surface area (Å²) in [6.45, 7) is 0. The molecule has 0 bridgehead atoms. The molecule has 6 heteroatoms. The van der Waals surface area contributed by atoms with Crippen molar-refractivity contribution in [3.63, 3.8) is 0 Å². The molecule has 0 fully saturated rings. The van der Waals surface area contributed by atoms with Gasteiger partial charge >= 0.3 is 0 Å². The summed E-state index contributed by atoms with van der Waals surface area (Å²) in [5.41, 5.74) is 11.4. The van der Waals surface area contributed by atoms with Gasteiger partial charge in [0.2, 0.25) is 5.75 Å². The lowest BCUT2D eigenvalue weighted by Crippen LogP contribution is -2.05. The Hall–Kier alpha value is -1.85. The molecule has 0 spiro atoms. The fourth-order valence-electron chi connectivity index (χ4n) is 1.08. The first-order valence-electron chi connectivity index (χ1n) is 3.86. The zero-order valence-electron chi connectivity index (χ0n) is 8.33. The Morgan fingerprint density at radius 1 is 0.929 bits per heavy atom. The zero-order valence-corrected chi connectivity index (χ0v) is 8.33. The standard InChI is InChI=1S/C8H13N3O3/c1-12-5-4(9)7(10)11-8(14-3)6(5)13-2/h9H2,1-3H3,(H2,10,11). The number of hydrogen-bond donors (Lipinski definition) is 2. The number of anilines is 2. The molecule has 78 valence electrons. The number of methoxy groups -OCH3 is 3. The van der Waals surface area contributed by atoms with E-state index in [1.165, 1.54) is 21.3 Å². The minimum atomic E-state index is 0.152. The number of hydrogen-bond acceptors (Lipinski definition) is 6. The van der Waals surface area contributed by atoms with E-state index in [9.17, 15) is 0 Å². The molecule has 0 unspecified atom stereocenters. The first kappa shape index (κ1) is 10.2. The van der Waals surface area contributed by atoms with Crippen molar-refractivity contribution in [1.82, 2.24) is 4.98 Å². The Morgan fingerprint density at radius 3 is 1.93 bits per heavy atom. The molecule has 1 heterocycles. The Kier molecular flexibility index (Phi) is 2.85. The van der Waals surface area contributed by atoms with E-state index in [-0.39, 0.29) is 17.4 Å². The van der Waals surface area contributed by atoms with Crippen LogP contribution in [0.25, 0.3) is 0 Å². The van der Waals surface area contributed by atoms with Gasteiger partial charge in [0.15, 0.2) is 11.6 Å². The van der Waals surface area contributed by atoms with Crippen molar-refractivity contribution in [3.8, 4) is 17.4 Å². The van der Waals surface area contributed by atoms with Crippen LogP contribution in [-0.4, -0.2) is 26.3 Å². The quantitative estimate of drug-likeness (QED) is 0.725. The minimum Gasteiger partial charge on any atom is -0.491 e. The maximum absolute atomic E-state index is 5.65. The molecule has 1 aromatic heterocycles. The van der Waals surface area contributed by atoms with Gasteiger partial charge in [-0.25, -0.2) is 0 Å². The molecule has 0 amide bonds. The lowest BCUT2D eigenvalue weighted by Gasteiger charge is -2.13. The van der Waals surface area contributed by atoms with Crippen molar-refractivity contribution in [3.05, 3.63) is 0 Å². The van der Waals surface area contributed by atoms with Gasteiger partial charge in [0.1, 0.15) is 5.69 Å². The fourth-order valence-corrected chi connectivity index (χ4v) is 1.08. The number of rotatable bonds is 3. The van der Waals surface area contributed by atoms with Gasteiger partial charge < -0.3 is 25.7 Å². The first-order valence-corrected chi connectivity index (χ1v) is 3.86. The first-order chi connectivity index (χ1) is 6.65. The number of nitrogens with zero attached hydrogens (tertiary/aromatic N) is 1. The van der Waals surface area contributed by atoms with Crippen molar-refractivity contribution in [2.75, 3.05) is 32.8 Å². The normalized spacial score (nSPS) is 9.64. The average Bonchev–Trinajstić information content (AvgIpc) is 2.20. The minimum absolute atomic E-state index is 0.152. The highest BCUT2D eigenvalue weighted by Gasteiger charge is 2.18. The molecule has 6 nitrogen and oxygen atoms in total. The van der Waals surface area contributed by atoms with Crippen LogP contribution in [0.15, 0.2) is 0 Å². The highest BCUT2D eigenvalue weighted by molar-refractivity contribution is 5.74. The van der Waals surface area contributed by atoms with Gasteiger partial charge in [-0.3, -0.25) is 0 Å². The van der Waals surface area contributed by atoms with Crippen molar-refractivity contribution >= 4 is 11.5 Å². The molecular weight excluding hydrogens is 186 g/mol. The van der Waals surface area contributed by atoms with Crippen LogP contribution in [0.2, 0.25) is 0 Å². The largest absolute Gasteiger partial charge is 0.491 e. The Morgan fingerprint density at radius 2 is 1.50 bits per heavy atom. The third kappa shape index (κ3) is 1.46. The molecule has 0 aromatic carbocycles. The summed E-state index contributed by atoms with van der Waals surface area (Å²) in [6.07, 6.45) is 0. The van der Waals surface area contributed by atoms with E-state index in [2.05, 4.69) is 4.98 Å². The highest BCUT2D eigenvalue weighted by atomic mass is 16.5. The van der Waals surface area contributed by atoms with E-state index >= 15 is 0 Å². The van der Waals surface area contributed by atoms with Gasteiger partial charge in [0.25, 0.3) is 5.88 Å². The molecule has 0 aliphatic heterocycles. The lowest BCUT2D eigenvalue weighted by atomic mass is 10.3. The topological polar surface area (TPSA) is 92.6 Å². The predicted molar refractivity (Wildman–Crippen MR) is 52.7 cm³/mol. The Bertz CT molecular complexity index is 341. The van der Waals surface area contributed by atoms with Gasteiger partial charge in [0.05, 0.1) is 21.3 Å². The zero-order chi connectivity index (χ0) is 10.7. The maximum Gasteiger partial charge on any atom is 0.262 e. The van der Waals surface area contributed by atoms with Crippen LogP contribution in [0.5, 0.6) is 17.4 Å². The summed E-state index contributed by atoms with van der Waals surface area (Å²) in [7, 11) is 4.39. The number of pyridine rings is 1. The molecule has 0 saturated carbocycles. The molecule has 4 N–H and O–H groups in total. The second-order valence-electron chi connectivity index (χ2n) is 2.49. The summed E-state index contributed by atoms with van der Waals surface area (Å²) in [5, 5.41) is 0. The van der Waals surface area contributed by atoms with Crippen LogP contribution in [-0.2, 0) is 0 Å². The van der Waals surface area contributed by atoms with Gasteiger partial charge in [-0.2, -0.15) is 4.98 Å². The fraction of sp³-hybridized carbons (Fsp3) is 0.375. The second kappa shape index (κ2) is 3.91.